The molecule has 0 unspecified atom stereocenters. The number of aliphatic hydroxyl groups excluding tert-OH is 1. The van der Waals surface area contributed by atoms with Crippen LogP contribution in [0.25, 0.3) is 22.3 Å². The number of aliphatic hydroxyl groups is 1. The Bertz CT molecular complexity index is 1740. The molecule has 0 bridgehead atoms. The first kappa shape index (κ1) is 32.3. The van der Waals surface area contributed by atoms with Crippen LogP contribution in [-0.2, 0) is 36.9 Å². The lowest BCUT2D eigenvalue weighted by molar-refractivity contribution is -0.0595. The van der Waals surface area contributed by atoms with Crippen LogP contribution in [-0.4, -0.2) is 100.0 Å². The summed E-state index contributed by atoms with van der Waals surface area (Å²) in [6, 6.07) is 0. The monoisotopic (exact) mass is 706 g/mol. The summed E-state index contributed by atoms with van der Waals surface area (Å²) in [5.41, 5.74) is 12.6. The molecule has 242 valence electrons. The molecule has 0 saturated carbocycles. The van der Waals surface area contributed by atoms with Gasteiger partial charge < -0.3 is 30.8 Å². The Kier molecular flexibility index (Phi) is 9.51. The lowest BCUT2D eigenvalue weighted by atomic mass is 10.1. The highest BCUT2D eigenvalue weighted by atomic mass is 32.7. The summed E-state index contributed by atoms with van der Waals surface area (Å²) in [5, 5.41) is 11.2. The Morgan fingerprint density at radius 2 is 1.53 bits per heavy atom. The Labute approximate surface area is 264 Å². The number of aromatic nitrogens is 8. The summed E-state index contributed by atoms with van der Waals surface area (Å²) >= 11 is 8.09. The van der Waals surface area contributed by atoms with Gasteiger partial charge in [-0.05, 0) is 0 Å². The minimum atomic E-state index is -4.34. The molecule has 0 aliphatic carbocycles. The second-order valence-electron chi connectivity index (χ2n) is 9.71. The predicted molar refractivity (Wildman–Crippen MR) is 158 cm³/mol. The van der Waals surface area contributed by atoms with E-state index in [4.69, 9.17) is 39.2 Å². The van der Waals surface area contributed by atoms with E-state index in [0.29, 0.717) is 0 Å². The topological polar surface area (TPSA) is 249 Å². The van der Waals surface area contributed by atoms with Gasteiger partial charge in [-0.15, -0.1) is 0 Å². The maximum Gasteiger partial charge on any atom is 0.386 e. The van der Waals surface area contributed by atoms with Crippen LogP contribution in [0.1, 0.15) is 12.5 Å². The van der Waals surface area contributed by atoms with Crippen molar-refractivity contribution < 1.29 is 46.4 Å². The third-order valence-corrected chi connectivity index (χ3v) is 9.22. The minimum absolute atomic E-state index is 0.00991. The van der Waals surface area contributed by atoms with E-state index < -0.39 is 71.2 Å². The largest absolute Gasteiger partial charge is 0.386 e. The van der Waals surface area contributed by atoms with Gasteiger partial charge in [0.25, 0.3) is 0 Å². The van der Waals surface area contributed by atoms with E-state index in [2.05, 4.69) is 54.8 Å². The van der Waals surface area contributed by atoms with Crippen molar-refractivity contribution in [3.8, 4) is 0 Å². The molecule has 0 radical (unpaired) electrons. The van der Waals surface area contributed by atoms with Gasteiger partial charge in [0.1, 0.15) is 54.2 Å². The number of nitrogens with two attached hydrogens (primary N) is 2. The van der Waals surface area contributed by atoms with Crippen molar-refractivity contribution in [1.82, 2.24) is 39.0 Å². The Morgan fingerprint density at radius 1 is 0.956 bits per heavy atom. The van der Waals surface area contributed by atoms with Crippen molar-refractivity contribution in [2.45, 2.75) is 49.1 Å². The fourth-order valence-electron chi connectivity index (χ4n) is 5.07. The molecule has 2 saturated heterocycles. The summed E-state index contributed by atoms with van der Waals surface area (Å²) in [7, 11) is -0.838. The highest BCUT2D eigenvalue weighted by Gasteiger charge is 2.51. The van der Waals surface area contributed by atoms with Crippen LogP contribution >= 0.6 is 40.4 Å². The average molecular weight is 707 g/mol. The molecule has 0 spiro atoms. The van der Waals surface area contributed by atoms with Gasteiger partial charge in [0.05, 0.1) is 31.8 Å². The fraction of sp³-hybridized carbons (Fsp3) is 0.524. The summed E-state index contributed by atoms with van der Waals surface area (Å²) < 4.78 is 76.3. The van der Waals surface area contributed by atoms with E-state index >= 15 is 4.39 Å². The SMILES string of the molecule is Nc1ncnc2c1ncn2[C@@H]1O[C@H](COCS)[C@@H](O[P@](=O)(S)OC[C@H]2O[C@@H](n3cnc4c(N)ncnc43)[C@H](F)[C@@H]2OP=O)[C@H]1O. The van der Waals surface area contributed by atoms with Crippen molar-refractivity contribution in [2.24, 2.45) is 0 Å². The van der Waals surface area contributed by atoms with Crippen LogP contribution in [0.2, 0.25) is 0 Å². The van der Waals surface area contributed by atoms with E-state index in [1.54, 1.807) is 0 Å². The van der Waals surface area contributed by atoms with Gasteiger partial charge in [-0.1, -0.05) is 12.2 Å². The molecule has 4 aromatic heterocycles. The number of rotatable bonds is 12. The zero-order valence-corrected chi connectivity index (χ0v) is 26.2. The van der Waals surface area contributed by atoms with Crippen molar-refractivity contribution in [3.63, 3.8) is 0 Å². The standard InChI is InChI=1S/C21H25FN10O9P2S2/c22-10-14(40-42-34)9(38-20(10)31-5-29-11-16(23)25-3-27-18(11)31)2-37-43(35,45)41-15-8(1-36-7-44)39-21(13(15)33)32-6-30-12-17(24)26-4-28-19(12)32/h3-6,8-10,13-15,20-21,33,44H,1-2,7H2,(H,35,45)(H2,23,25,27)(H2,24,26,28)/t8-,9-,10-,13-,14-,15-,20-,21-,43-/m1/s1. The number of anilines is 2. The number of nitrogens with zero attached hydrogens (tertiary/aromatic N) is 8. The molecule has 9 atom stereocenters. The lowest BCUT2D eigenvalue weighted by Crippen LogP contribution is -2.36. The number of ether oxygens (including phenoxy) is 3. The average Bonchev–Trinajstić information content (AvgIpc) is 3.77. The van der Waals surface area contributed by atoms with Gasteiger partial charge in [-0.25, -0.2) is 43.4 Å². The van der Waals surface area contributed by atoms with E-state index in [1.165, 1.54) is 34.4 Å². The van der Waals surface area contributed by atoms with Crippen LogP contribution in [0.5, 0.6) is 0 Å². The molecule has 2 aliphatic heterocycles. The maximum absolute atomic E-state index is 15.6. The number of hydrogen-bond donors (Lipinski definition) is 5. The molecule has 24 heteroatoms. The molecule has 45 heavy (non-hydrogen) atoms. The number of fused-ring (bicyclic) bond motifs is 2. The van der Waals surface area contributed by atoms with Crippen molar-refractivity contribution in [1.29, 1.82) is 0 Å². The molecule has 0 amide bonds. The van der Waals surface area contributed by atoms with E-state index in [1.807, 2.05) is 0 Å². The molecule has 6 rings (SSSR count). The number of thiol groups is 2. The van der Waals surface area contributed by atoms with Crippen LogP contribution in [0.15, 0.2) is 25.3 Å². The second kappa shape index (κ2) is 13.2. The van der Waals surface area contributed by atoms with Gasteiger partial charge in [0.2, 0.25) is 0 Å². The first-order chi connectivity index (χ1) is 21.6. The van der Waals surface area contributed by atoms with Gasteiger partial charge in [-0.2, -0.15) is 12.6 Å². The highest BCUT2D eigenvalue weighted by molar-refractivity contribution is 8.44. The molecule has 19 nitrogen and oxygen atoms in total. The minimum Gasteiger partial charge on any atom is -0.386 e. The predicted octanol–water partition coefficient (Wildman–Crippen LogP) is 1.26. The van der Waals surface area contributed by atoms with E-state index in [9.17, 15) is 14.2 Å². The smallest absolute Gasteiger partial charge is 0.386 e. The quantitative estimate of drug-likeness (QED) is 0.0790. The number of nitrogen functional groups attached to an aromatic ring is 2. The van der Waals surface area contributed by atoms with Crippen LogP contribution < -0.4 is 11.5 Å². The van der Waals surface area contributed by atoms with Crippen LogP contribution in [0.4, 0.5) is 16.0 Å². The van der Waals surface area contributed by atoms with Gasteiger partial charge >= 0.3 is 15.5 Å². The Hall–Kier alpha value is -2.62. The summed E-state index contributed by atoms with van der Waals surface area (Å²) in [6.45, 7) is -5.05. The first-order valence-electron chi connectivity index (χ1n) is 13.0. The van der Waals surface area contributed by atoms with Gasteiger partial charge in [0.15, 0.2) is 41.6 Å². The molecular formula is C21H25FN10O9P2S2. The lowest BCUT2D eigenvalue weighted by Gasteiger charge is -2.25. The van der Waals surface area contributed by atoms with E-state index in [-0.39, 0.29) is 46.5 Å². The molecule has 2 aliphatic rings. The third kappa shape index (κ3) is 6.24. The number of imidazole rings is 2. The molecule has 6 heterocycles. The molecule has 5 N–H and O–H groups in total. The van der Waals surface area contributed by atoms with Crippen LogP contribution in [0, 0.1) is 0 Å². The van der Waals surface area contributed by atoms with Gasteiger partial charge in [0, 0.05) is 0 Å². The van der Waals surface area contributed by atoms with Gasteiger partial charge in [-0.3, -0.25) is 22.7 Å². The summed E-state index contributed by atoms with van der Waals surface area (Å²) in [5.74, 6) is 0.199. The van der Waals surface area contributed by atoms with E-state index in [0.717, 1.165) is 0 Å². The van der Waals surface area contributed by atoms with Crippen molar-refractivity contribution >= 4 is 74.3 Å². The number of halogens is 1. The second-order valence-corrected chi connectivity index (χ2v) is 13.2. The summed E-state index contributed by atoms with van der Waals surface area (Å²) in [4.78, 5) is 24.3. The first-order valence-corrected chi connectivity index (χ1v) is 17.0. The number of hydrogen-bond acceptors (Lipinski definition) is 18. The molecular weight excluding hydrogens is 681 g/mol. The van der Waals surface area contributed by atoms with Crippen molar-refractivity contribution in [3.05, 3.63) is 25.3 Å². The third-order valence-electron chi connectivity index (χ3n) is 7.09. The highest BCUT2D eigenvalue weighted by Crippen LogP contribution is 2.57. The molecule has 2 fully saturated rings. The fourth-order valence-corrected chi connectivity index (χ4v) is 7.02. The molecule has 4 aromatic rings. The Balaban J connectivity index is 1.18. The summed E-state index contributed by atoms with van der Waals surface area (Å²) in [6.07, 6.45) is -5.83. The Morgan fingerprint density at radius 3 is 2.13 bits per heavy atom. The normalized spacial score (nSPS) is 30.0. The molecule has 0 aromatic carbocycles. The zero-order chi connectivity index (χ0) is 31.9. The van der Waals surface area contributed by atoms with Crippen molar-refractivity contribution in [2.75, 3.05) is 30.6 Å². The number of alkyl halides is 1. The zero-order valence-electron chi connectivity index (χ0n) is 22.7. The maximum atomic E-state index is 15.6. The van der Waals surface area contributed by atoms with Crippen LogP contribution in [0.3, 0.4) is 0 Å².